The Hall–Kier alpha value is -1.15. The van der Waals surface area contributed by atoms with E-state index in [-0.39, 0.29) is 31.5 Å². The lowest BCUT2D eigenvalue weighted by molar-refractivity contribution is -0.130. The highest BCUT2D eigenvalue weighted by molar-refractivity contribution is 5.79. The Kier molecular flexibility index (Phi) is 4.04. The molecule has 0 aromatic heterocycles. The first-order chi connectivity index (χ1) is 7.04. The summed E-state index contributed by atoms with van der Waals surface area (Å²) in [4.78, 5) is 12.9. The topological polar surface area (TPSA) is 56.1 Å². The van der Waals surface area contributed by atoms with Crippen LogP contribution in [-0.2, 0) is 4.79 Å². The van der Waals surface area contributed by atoms with E-state index in [9.17, 15) is 9.18 Å². The average Bonchev–Trinajstić information content (AvgIpc) is 2.56. The molecule has 84 valence electrons. The van der Waals surface area contributed by atoms with Gasteiger partial charge in [0.1, 0.15) is 12.2 Å². The second-order valence-electron chi connectivity index (χ2n) is 4.06. The quantitative estimate of drug-likeness (QED) is 0.740. The monoisotopic (exact) mass is 213 g/mol. The van der Waals surface area contributed by atoms with Crippen LogP contribution in [0.2, 0.25) is 0 Å². The fraction of sp³-hybridized carbons (Fsp3) is 0.800. The molecule has 4 nitrogen and oxygen atoms in total. The first-order valence-electron chi connectivity index (χ1n) is 5.11. The minimum Gasteiger partial charge on any atom is -0.323 e. The Morgan fingerprint density at radius 2 is 2.40 bits per heavy atom. The molecule has 0 radical (unpaired) electrons. The fourth-order valence-corrected chi connectivity index (χ4v) is 1.58. The molecule has 2 atom stereocenters. The van der Waals surface area contributed by atoms with Gasteiger partial charge in [-0.3, -0.25) is 4.79 Å². The predicted molar refractivity (Wildman–Crippen MR) is 53.8 cm³/mol. The summed E-state index contributed by atoms with van der Waals surface area (Å²) in [5.74, 6) is -0.199. The maximum atomic E-state index is 13.0. The van der Waals surface area contributed by atoms with Gasteiger partial charge in [-0.05, 0) is 0 Å². The van der Waals surface area contributed by atoms with Crippen LogP contribution in [0.3, 0.4) is 0 Å². The first kappa shape index (κ1) is 11.9. The molecule has 0 aromatic rings. The summed E-state index contributed by atoms with van der Waals surface area (Å²) in [5.41, 5.74) is 0. The molecule has 15 heavy (non-hydrogen) atoms. The molecule has 0 unspecified atom stereocenters. The number of halogens is 1. The highest BCUT2D eigenvalue weighted by Gasteiger charge is 2.34. The van der Waals surface area contributed by atoms with Gasteiger partial charge in [0.05, 0.1) is 19.2 Å². The van der Waals surface area contributed by atoms with Crippen molar-refractivity contribution in [2.45, 2.75) is 38.5 Å². The zero-order valence-corrected chi connectivity index (χ0v) is 9.03. The number of likely N-dealkylation sites (tertiary alicyclic amines) is 1. The van der Waals surface area contributed by atoms with Crippen LogP contribution in [0.15, 0.2) is 0 Å². The van der Waals surface area contributed by atoms with Crippen LogP contribution < -0.4 is 5.32 Å². The molecule has 1 aliphatic heterocycles. The summed E-state index contributed by atoms with van der Waals surface area (Å²) < 4.78 is 13.0. The number of nitrogens with one attached hydrogen (secondary N) is 1. The number of nitriles is 1. The number of nitrogens with zero attached hydrogens (tertiary/aromatic N) is 2. The third-order valence-corrected chi connectivity index (χ3v) is 2.38. The van der Waals surface area contributed by atoms with Crippen molar-refractivity contribution in [2.75, 3.05) is 13.1 Å². The van der Waals surface area contributed by atoms with Crippen LogP contribution >= 0.6 is 0 Å². The molecule has 1 fully saturated rings. The standard InChI is InChI=1S/C10H16FN3O/c1-7(2)13-5-10(15)14-6-8(11)3-9(14)4-12/h7-9,13H,3,5-6H2,1-2H3/t8-,9-/m0/s1. The Labute approximate surface area is 89.0 Å². The van der Waals surface area contributed by atoms with Crippen molar-refractivity contribution in [2.24, 2.45) is 0 Å². The van der Waals surface area contributed by atoms with Gasteiger partial charge in [0, 0.05) is 12.5 Å². The van der Waals surface area contributed by atoms with Gasteiger partial charge in [0.2, 0.25) is 5.91 Å². The van der Waals surface area contributed by atoms with Gasteiger partial charge in [0.25, 0.3) is 0 Å². The zero-order chi connectivity index (χ0) is 11.4. The zero-order valence-electron chi connectivity index (χ0n) is 9.03. The van der Waals surface area contributed by atoms with Crippen molar-refractivity contribution in [1.82, 2.24) is 10.2 Å². The normalized spacial score (nSPS) is 25.7. The molecule has 0 bridgehead atoms. The van der Waals surface area contributed by atoms with E-state index in [1.807, 2.05) is 19.9 Å². The van der Waals surface area contributed by atoms with Crippen LogP contribution in [0.5, 0.6) is 0 Å². The van der Waals surface area contributed by atoms with E-state index < -0.39 is 12.2 Å². The molecule has 1 aliphatic rings. The molecule has 5 heteroatoms. The van der Waals surface area contributed by atoms with Crippen LogP contribution in [0.1, 0.15) is 20.3 Å². The second kappa shape index (κ2) is 5.08. The number of rotatable bonds is 3. The van der Waals surface area contributed by atoms with E-state index in [0.717, 1.165) is 0 Å². The van der Waals surface area contributed by atoms with Crippen molar-refractivity contribution in [1.29, 1.82) is 5.26 Å². The first-order valence-corrected chi connectivity index (χ1v) is 5.11. The lowest BCUT2D eigenvalue weighted by Crippen LogP contribution is -2.42. The van der Waals surface area contributed by atoms with E-state index in [2.05, 4.69) is 5.32 Å². The molecular formula is C10H16FN3O. The average molecular weight is 213 g/mol. The predicted octanol–water partition coefficient (Wildman–Crippen LogP) is 0.447. The van der Waals surface area contributed by atoms with Gasteiger partial charge in [-0.2, -0.15) is 5.26 Å². The summed E-state index contributed by atoms with van der Waals surface area (Å²) in [7, 11) is 0. The number of carbonyl (C=O) groups is 1. The Morgan fingerprint density at radius 3 is 2.93 bits per heavy atom. The lowest BCUT2D eigenvalue weighted by Gasteiger charge is -2.20. The molecular weight excluding hydrogens is 197 g/mol. The largest absolute Gasteiger partial charge is 0.323 e. The number of alkyl halides is 1. The van der Waals surface area contributed by atoms with E-state index in [1.165, 1.54) is 4.90 Å². The number of carbonyl (C=O) groups excluding carboxylic acids is 1. The Morgan fingerprint density at radius 1 is 1.73 bits per heavy atom. The number of amides is 1. The maximum Gasteiger partial charge on any atom is 0.237 e. The smallest absolute Gasteiger partial charge is 0.237 e. The summed E-state index contributed by atoms with van der Waals surface area (Å²) in [6.45, 7) is 4.08. The van der Waals surface area contributed by atoms with Gasteiger partial charge in [-0.25, -0.2) is 4.39 Å². The molecule has 0 aliphatic carbocycles. The van der Waals surface area contributed by atoms with Gasteiger partial charge < -0.3 is 10.2 Å². The summed E-state index contributed by atoms with van der Waals surface area (Å²) in [6.07, 6.45) is -0.915. The van der Waals surface area contributed by atoms with Gasteiger partial charge in [-0.1, -0.05) is 13.8 Å². The second-order valence-corrected chi connectivity index (χ2v) is 4.06. The Balaban J connectivity index is 2.48. The highest BCUT2D eigenvalue weighted by Crippen LogP contribution is 2.19. The van der Waals surface area contributed by atoms with Gasteiger partial charge in [0.15, 0.2) is 0 Å². The molecule has 1 saturated heterocycles. The van der Waals surface area contributed by atoms with Crippen molar-refractivity contribution in [3.63, 3.8) is 0 Å². The van der Waals surface area contributed by atoms with Crippen LogP contribution in [0.4, 0.5) is 4.39 Å². The minimum atomic E-state index is -1.06. The molecule has 0 aromatic carbocycles. The van der Waals surface area contributed by atoms with E-state index in [4.69, 9.17) is 5.26 Å². The minimum absolute atomic E-state index is 0.0524. The molecule has 1 rings (SSSR count). The van der Waals surface area contributed by atoms with E-state index >= 15 is 0 Å². The lowest BCUT2D eigenvalue weighted by atomic mass is 10.2. The molecule has 1 amide bonds. The third-order valence-electron chi connectivity index (χ3n) is 2.38. The SMILES string of the molecule is CC(C)NCC(=O)N1C[C@@H](F)C[C@H]1C#N. The van der Waals surface area contributed by atoms with Gasteiger partial charge >= 0.3 is 0 Å². The van der Waals surface area contributed by atoms with Crippen molar-refractivity contribution >= 4 is 5.91 Å². The number of hydrogen-bond acceptors (Lipinski definition) is 3. The third kappa shape index (κ3) is 3.17. The van der Waals surface area contributed by atoms with Crippen LogP contribution in [-0.4, -0.2) is 42.2 Å². The molecule has 0 saturated carbocycles. The fourth-order valence-electron chi connectivity index (χ4n) is 1.58. The maximum absolute atomic E-state index is 13.0. The van der Waals surface area contributed by atoms with Crippen LogP contribution in [0.25, 0.3) is 0 Å². The highest BCUT2D eigenvalue weighted by atomic mass is 19.1. The molecule has 1 heterocycles. The van der Waals surface area contributed by atoms with Crippen LogP contribution in [0, 0.1) is 11.3 Å². The molecule has 0 spiro atoms. The summed E-state index contributed by atoms with van der Waals surface area (Å²) in [6, 6.07) is 1.56. The summed E-state index contributed by atoms with van der Waals surface area (Å²) in [5, 5.41) is 11.7. The Bertz CT molecular complexity index is 274. The van der Waals surface area contributed by atoms with E-state index in [1.54, 1.807) is 0 Å². The molecule has 1 N–H and O–H groups in total. The van der Waals surface area contributed by atoms with Gasteiger partial charge in [-0.15, -0.1) is 0 Å². The summed E-state index contributed by atoms with van der Waals surface area (Å²) >= 11 is 0. The van der Waals surface area contributed by atoms with Crippen molar-refractivity contribution < 1.29 is 9.18 Å². The van der Waals surface area contributed by atoms with E-state index in [0.29, 0.717) is 0 Å². The van der Waals surface area contributed by atoms with Crippen molar-refractivity contribution in [3.8, 4) is 6.07 Å². The number of hydrogen-bond donors (Lipinski definition) is 1. The van der Waals surface area contributed by atoms with Crippen molar-refractivity contribution in [3.05, 3.63) is 0 Å².